The van der Waals surface area contributed by atoms with Crippen LogP contribution in [0.2, 0.25) is 0 Å². The fourth-order valence-electron chi connectivity index (χ4n) is 1.47. The molecule has 0 unspecified atom stereocenters. The van der Waals surface area contributed by atoms with Crippen LogP contribution in [0.3, 0.4) is 0 Å². The zero-order chi connectivity index (χ0) is 14.2. The monoisotopic (exact) mass is 281 g/mol. The van der Waals surface area contributed by atoms with Crippen LogP contribution in [0, 0.1) is 5.82 Å². The summed E-state index contributed by atoms with van der Waals surface area (Å²) in [6.07, 6.45) is 0. The summed E-state index contributed by atoms with van der Waals surface area (Å²) in [6, 6.07) is 5.75. The summed E-state index contributed by atoms with van der Waals surface area (Å²) in [5.41, 5.74) is 0. The van der Waals surface area contributed by atoms with E-state index in [2.05, 4.69) is 15.5 Å². The van der Waals surface area contributed by atoms with Crippen LogP contribution < -0.4 is 10.1 Å². The molecular weight excluding hydrogens is 265 g/mol. The van der Waals surface area contributed by atoms with E-state index in [0.29, 0.717) is 37.2 Å². The number of hydrogen-bond donors (Lipinski definition) is 1. The van der Waals surface area contributed by atoms with Crippen LogP contribution in [0.1, 0.15) is 11.7 Å². The average molecular weight is 281 g/mol. The van der Waals surface area contributed by atoms with Gasteiger partial charge in [-0.25, -0.2) is 4.39 Å². The molecule has 1 N–H and O–H groups in total. The highest BCUT2D eigenvalue weighted by Crippen LogP contribution is 2.12. The summed E-state index contributed by atoms with van der Waals surface area (Å²) in [6.45, 7) is 1.98. The number of nitrogens with one attached hydrogen (secondary N) is 1. The minimum atomic E-state index is -0.304. The molecule has 1 aromatic heterocycles. The van der Waals surface area contributed by atoms with Gasteiger partial charge in [0.2, 0.25) is 11.7 Å². The van der Waals surface area contributed by atoms with Gasteiger partial charge in [0, 0.05) is 13.7 Å². The molecule has 0 spiro atoms. The largest absolute Gasteiger partial charge is 0.485 e. The Hall–Kier alpha value is -1.99. The van der Waals surface area contributed by atoms with Gasteiger partial charge in [-0.2, -0.15) is 4.98 Å². The van der Waals surface area contributed by atoms with E-state index in [9.17, 15) is 4.39 Å². The fourth-order valence-corrected chi connectivity index (χ4v) is 1.47. The normalized spacial score (nSPS) is 10.7. The molecule has 1 aromatic carbocycles. The zero-order valence-corrected chi connectivity index (χ0v) is 11.1. The third kappa shape index (κ3) is 4.60. The van der Waals surface area contributed by atoms with Crippen LogP contribution in [0.4, 0.5) is 4.39 Å². The van der Waals surface area contributed by atoms with Crippen LogP contribution in [-0.4, -0.2) is 30.4 Å². The lowest BCUT2D eigenvalue weighted by atomic mass is 10.3. The first-order valence-electron chi connectivity index (χ1n) is 6.17. The second-order valence-corrected chi connectivity index (χ2v) is 4.02. The maximum atomic E-state index is 12.7. The van der Waals surface area contributed by atoms with Gasteiger partial charge in [0.25, 0.3) is 0 Å². The summed E-state index contributed by atoms with van der Waals surface area (Å²) in [5.74, 6) is 1.17. The fraction of sp³-hybridized carbons (Fsp3) is 0.385. The number of methoxy groups -OCH3 is 1. The average Bonchev–Trinajstić information content (AvgIpc) is 2.91. The number of aromatic nitrogens is 2. The minimum absolute atomic E-state index is 0.174. The summed E-state index contributed by atoms with van der Waals surface area (Å²) < 4.78 is 28.1. The molecule has 7 heteroatoms. The number of halogens is 1. The second kappa shape index (κ2) is 7.56. The summed E-state index contributed by atoms with van der Waals surface area (Å²) >= 11 is 0. The molecule has 0 aliphatic carbocycles. The molecule has 0 radical (unpaired) electrons. The Morgan fingerprint density at radius 1 is 1.30 bits per heavy atom. The molecule has 0 aliphatic rings. The van der Waals surface area contributed by atoms with Crippen molar-refractivity contribution in [3.05, 3.63) is 41.8 Å². The molecular formula is C13H16FN3O3. The molecule has 0 bridgehead atoms. The van der Waals surface area contributed by atoms with Crippen molar-refractivity contribution in [3.63, 3.8) is 0 Å². The first-order chi connectivity index (χ1) is 9.78. The number of nitrogens with zero attached hydrogens (tertiary/aromatic N) is 2. The SMILES string of the molecule is COCCNCc1nc(COc2ccc(F)cc2)no1. The minimum Gasteiger partial charge on any atom is -0.485 e. The summed E-state index contributed by atoms with van der Waals surface area (Å²) in [4.78, 5) is 4.16. The Kier molecular flexibility index (Phi) is 5.45. The maximum Gasteiger partial charge on any atom is 0.240 e. The highest BCUT2D eigenvalue weighted by atomic mass is 19.1. The van der Waals surface area contributed by atoms with Gasteiger partial charge in [-0.1, -0.05) is 5.16 Å². The van der Waals surface area contributed by atoms with Crippen molar-refractivity contribution < 1.29 is 18.4 Å². The van der Waals surface area contributed by atoms with Gasteiger partial charge in [0.1, 0.15) is 11.6 Å². The lowest BCUT2D eigenvalue weighted by molar-refractivity contribution is 0.197. The smallest absolute Gasteiger partial charge is 0.240 e. The van der Waals surface area contributed by atoms with E-state index in [1.165, 1.54) is 12.1 Å². The van der Waals surface area contributed by atoms with Crippen molar-refractivity contribution in [2.45, 2.75) is 13.2 Å². The van der Waals surface area contributed by atoms with Crippen molar-refractivity contribution in [1.82, 2.24) is 15.5 Å². The van der Waals surface area contributed by atoms with E-state index in [1.54, 1.807) is 19.2 Å². The Bertz CT molecular complexity index is 516. The number of rotatable bonds is 8. The van der Waals surface area contributed by atoms with E-state index < -0.39 is 0 Å². The molecule has 0 atom stereocenters. The van der Waals surface area contributed by atoms with Gasteiger partial charge in [-0.3, -0.25) is 0 Å². The first kappa shape index (κ1) is 14.4. The van der Waals surface area contributed by atoms with Crippen LogP contribution in [0.25, 0.3) is 0 Å². The second-order valence-electron chi connectivity index (χ2n) is 4.02. The molecule has 0 saturated heterocycles. The zero-order valence-electron chi connectivity index (χ0n) is 11.1. The molecule has 0 amide bonds. The van der Waals surface area contributed by atoms with Crippen LogP contribution >= 0.6 is 0 Å². The number of benzene rings is 1. The van der Waals surface area contributed by atoms with E-state index >= 15 is 0 Å². The van der Waals surface area contributed by atoms with Crippen molar-refractivity contribution in [2.75, 3.05) is 20.3 Å². The lowest BCUT2D eigenvalue weighted by Gasteiger charge is -2.02. The van der Waals surface area contributed by atoms with E-state index in [1.807, 2.05) is 0 Å². The van der Waals surface area contributed by atoms with Crippen molar-refractivity contribution in [2.24, 2.45) is 0 Å². The molecule has 0 aliphatic heterocycles. The third-order valence-electron chi connectivity index (χ3n) is 2.45. The van der Waals surface area contributed by atoms with Crippen molar-refractivity contribution in [1.29, 1.82) is 0 Å². The maximum absolute atomic E-state index is 12.7. The van der Waals surface area contributed by atoms with Gasteiger partial charge >= 0.3 is 0 Å². The molecule has 108 valence electrons. The van der Waals surface area contributed by atoms with Crippen LogP contribution in [0.5, 0.6) is 5.75 Å². The lowest BCUT2D eigenvalue weighted by Crippen LogP contribution is -2.18. The predicted molar refractivity (Wildman–Crippen MR) is 68.6 cm³/mol. The highest BCUT2D eigenvalue weighted by molar-refractivity contribution is 5.22. The molecule has 20 heavy (non-hydrogen) atoms. The van der Waals surface area contributed by atoms with E-state index in [0.717, 1.165) is 0 Å². The Labute approximate surface area is 115 Å². The van der Waals surface area contributed by atoms with Crippen LogP contribution in [0.15, 0.2) is 28.8 Å². The van der Waals surface area contributed by atoms with Gasteiger partial charge in [-0.05, 0) is 24.3 Å². The van der Waals surface area contributed by atoms with Gasteiger partial charge in [0.05, 0.1) is 13.2 Å². The molecule has 6 nitrogen and oxygen atoms in total. The van der Waals surface area contributed by atoms with Gasteiger partial charge in [0.15, 0.2) is 6.61 Å². The molecule has 0 saturated carbocycles. The standard InChI is InChI=1S/C13H16FN3O3/c1-18-7-6-15-8-13-16-12(17-20-13)9-19-11-4-2-10(14)3-5-11/h2-5,15H,6-9H2,1H3. The Balaban J connectivity index is 1.76. The van der Waals surface area contributed by atoms with Crippen molar-refractivity contribution in [3.8, 4) is 5.75 Å². The quantitative estimate of drug-likeness (QED) is 0.740. The highest BCUT2D eigenvalue weighted by Gasteiger charge is 2.06. The van der Waals surface area contributed by atoms with Crippen LogP contribution in [-0.2, 0) is 17.9 Å². The molecule has 0 fully saturated rings. The molecule has 1 heterocycles. The number of ether oxygens (including phenoxy) is 2. The van der Waals surface area contributed by atoms with E-state index in [-0.39, 0.29) is 12.4 Å². The first-order valence-corrected chi connectivity index (χ1v) is 6.17. The summed E-state index contributed by atoms with van der Waals surface area (Å²) in [5, 5.41) is 6.88. The van der Waals surface area contributed by atoms with Gasteiger partial charge < -0.3 is 19.3 Å². The topological polar surface area (TPSA) is 69.4 Å². The molecule has 2 aromatic rings. The summed E-state index contributed by atoms with van der Waals surface area (Å²) in [7, 11) is 1.64. The van der Waals surface area contributed by atoms with E-state index in [4.69, 9.17) is 14.0 Å². The third-order valence-corrected chi connectivity index (χ3v) is 2.45. The predicted octanol–water partition coefficient (Wildman–Crippen LogP) is 1.52. The Morgan fingerprint density at radius 3 is 2.85 bits per heavy atom. The van der Waals surface area contributed by atoms with Crippen molar-refractivity contribution >= 4 is 0 Å². The Morgan fingerprint density at radius 2 is 2.10 bits per heavy atom. The number of hydrogen-bond acceptors (Lipinski definition) is 6. The molecule has 2 rings (SSSR count). The van der Waals surface area contributed by atoms with Gasteiger partial charge in [-0.15, -0.1) is 0 Å².